The highest BCUT2D eigenvalue weighted by molar-refractivity contribution is 14.0. The molecule has 1 unspecified atom stereocenters. The fourth-order valence-electron chi connectivity index (χ4n) is 1.25. The standard InChI is InChI=1S/C9H19N3OS.HI/c1-7(2)12-8(10)11-6-9(4-5-9)14(3)13;/h7H,4-6H2,1-3H3,(H3,10,11,12);1H. The molecule has 6 heteroatoms. The molecular weight excluding hydrogens is 325 g/mol. The summed E-state index contributed by atoms with van der Waals surface area (Å²) < 4.78 is 11.3. The zero-order valence-corrected chi connectivity index (χ0v) is 12.6. The molecule has 1 atom stereocenters. The first-order valence-electron chi connectivity index (χ1n) is 4.86. The highest BCUT2D eigenvalue weighted by Crippen LogP contribution is 2.41. The van der Waals surface area contributed by atoms with Crippen molar-refractivity contribution in [2.45, 2.75) is 37.5 Å². The number of hydrogen-bond donors (Lipinski definition) is 2. The van der Waals surface area contributed by atoms with E-state index in [4.69, 9.17) is 5.73 Å². The van der Waals surface area contributed by atoms with E-state index in [0.717, 1.165) is 12.8 Å². The van der Waals surface area contributed by atoms with Crippen LogP contribution >= 0.6 is 24.0 Å². The molecule has 0 bridgehead atoms. The van der Waals surface area contributed by atoms with Crippen LogP contribution in [0.25, 0.3) is 0 Å². The molecule has 1 rings (SSSR count). The quantitative estimate of drug-likeness (QED) is 0.451. The number of nitrogens with one attached hydrogen (secondary N) is 1. The fraction of sp³-hybridized carbons (Fsp3) is 0.889. The van der Waals surface area contributed by atoms with Gasteiger partial charge in [-0.1, -0.05) is 0 Å². The molecule has 90 valence electrons. The lowest BCUT2D eigenvalue weighted by Gasteiger charge is -2.11. The van der Waals surface area contributed by atoms with Crippen molar-refractivity contribution >= 4 is 40.7 Å². The van der Waals surface area contributed by atoms with Crippen LogP contribution < -0.4 is 11.1 Å². The fourth-order valence-corrected chi connectivity index (χ4v) is 2.17. The van der Waals surface area contributed by atoms with Gasteiger partial charge in [0.25, 0.3) is 0 Å². The molecule has 1 aliphatic carbocycles. The topological polar surface area (TPSA) is 67.5 Å². The van der Waals surface area contributed by atoms with E-state index in [1.54, 1.807) is 6.26 Å². The molecule has 0 spiro atoms. The third kappa shape index (κ3) is 4.67. The van der Waals surface area contributed by atoms with Gasteiger partial charge in [-0.3, -0.25) is 9.20 Å². The first-order valence-corrected chi connectivity index (χ1v) is 6.42. The summed E-state index contributed by atoms with van der Waals surface area (Å²) in [6.07, 6.45) is 3.76. The maximum Gasteiger partial charge on any atom is 0.188 e. The average molecular weight is 345 g/mol. The highest BCUT2D eigenvalue weighted by atomic mass is 127. The van der Waals surface area contributed by atoms with E-state index in [1.807, 2.05) is 13.8 Å². The Morgan fingerprint density at radius 3 is 2.47 bits per heavy atom. The van der Waals surface area contributed by atoms with Gasteiger partial charge in [0.1, 0.15) is 0 Å². The molecule has 0 saturated heterocycles. The van der Waals surface area contributed by atoms with E-state index in [0.29, 0.717) is 18.5 Å². The van der Waals surface area contributed by atoms with Crippen LogP contribution in [0.15, 0.2) is 4.99 Å². The minimum absolute atomic E-state index is 0. The Hall–Kier alpha value is 0.150. The van der Waals surface area contributed by atoms with Gasteiger partial charge in [0.2, 0.25) is 0 Å². The first kappa shape index (κ1) is 15.2. The molecular formula is C9H20IN3OS. The molecule has 1 fully saturated rings. The molecule has 0 heterocycles. The second-order valence-electron chi connectivity index (χ2n) is 4.14. The van der Waals surface area contributed by atoms with Crippen molar-refractivity contribution in [3.8, 4) is 0 Å². The molecule has 0 aliphatic heterocycles. The Morgan fingerprint density at radius 2 is 2.13 bits per heavy atom. The van der Waals surface area contributed by atoms with E-state index < -0.39 is 10.8 Å². The summed E-state index contributed by atoms with van der Waals surface area (Å²) in [5.74, 6) is 0.455. The van der Waals surface area contributed by atoms with Crippen LogP contribution in [0.2, 0.25) is 0 Å². The Morgan fingerprint density at radius 1 is 1.60 bits per heavy atom. The molecule has 0 aromatic rings. The van der Waals surface area contributed by atoms with Crippen LogP contribution in [0, 0.1) is 0 Å². The molecule has 0 amide bonds. The summed E-state index contributed by atoms with van der Waals surface area (Å²) in [7, 11) is -0.784. The molecule has 15 heavy (non-hydrogen) atoms. The van der Waals surface area contributed by atoms with Gasteiger partial charge in [-0.15, -0.1) is 24.0 Å². The smallest absolute Gasteiger partial charge is 0.188 e. The normalized spacial score (nSPS) is 20.7. The minimum Gasteiger partial charge on any atom is -0.370 e. The highest BCUT2D eigenvalue weighted by Gasteiger charge is 2.46. The van der Waals surface area contributed by atoms with Crippen LogP contribution in [-0.2, 0) is 10.8 Å². The zero-order valence-electron chi connectivity index (χ0n) is 9.45. The Balaban J connectivity index is 0.00000196. The lowest BCUT2D eigenvalue weighted by Crippen LogP contribution is -2.37. The van der Waals surface area contributed by atoms with Crippen molar-refractivity contribution in [1.82, 2.24) is 5.32 Å². The van der Waals surface area contributed by atoms with Gasteiger partial charge in [-0.2, -0.15) is 0 Å². The summed E-state index contributed by atoms with van der Waals surface area (Å²) in [5, 5.41) is 3.01. The minimum atomic E-state index is -0.784. The molecule has 0 radical (unpaired) electrons. The van der Waals surface area contributed by atoms with Crippen molar-refractivity contribution in [2.75, 3.05) is 12.8 Å². The van der Waals surface area contributed by atoms with Crippen molar-refractivity contribution < 1.29 is 4.21 Å². The van der Waals surface area contributed by atoms with Crippen molar-refractivity contribution in [3.63, 3.8) is 0 Å². The van der Waals surface area contributed by atoms with Gasteiger partial charge in [0.15, 0.2) is 5.96 Å². The van der Waals surface area contributed by atoms with Gasteiger partial charge in [0.05, 0.1) is 11.3 Å². The second kappa shape index (κ2) is 6.03. The lowest BCUT2D eigenvalue weighted by atomic mass is 10.4. The first-order chi connectivity index (χ1) is 6.46. The van der Waals surface area contributed by atoms with Crippen molar-refractivity contribution in [1.29, 1.82) is 0 Å². The average Bonchev–Trinajstić information content (AvgIpc) is 2.79. The lowest BCUT2D eigenvalue weighted by molar-refractivity contribution is 0.670. The largest absolute Gasteiger partial charge is 0.370 e. The van der Waals surface area contributed by atoms with Crippen LogP contribution in [0.3, 0.4) is 0 Å². The second-order valence-corrected chi connectivity index (χ2v) is 5.91. The molecule has 3 N–H and O–H groups in total. The van der Waals surface area contributed by atoms with Crippen molar-refractivity contribution in [3.05, 3.63) is 0 Å². The van der Waals surface area contributed by atoms with Gasteiger partial charge < -0.3 is 11.1 Å². The number of aliphatic imine (C=N–C) groups is 1. The SMILES string of the molecule is CC(C)NC(N)=NCC1(S(C)=O)CC1.I. The number of halogens is 1. The number of nitrogens with zero attached hydrogens (tertiary/aromatic N) is 1. The van der Waals surface area contributed by atoms with Gasteiger partial charge in [-0.25, -0.2) is 0 Å². The zero-order chi connectivity index (χ0) is 10.8. The van der Waals surface area contributed by atoms with Gasteiger partial charge >= 0.3 is 0 Å². The number of guanidine groups is 1. The van der Waals surface area contributed by atoms with Crippen LogP contribution in [-0.4, -0.2) is 33.8 Å². The van der Waals surface area contributed by atoms with E-state index in [9.17, 15) is 4.21 Å². The summed E-state index contributed by atoms with van der Waals surface area (Å²) in [6.45, 7) is 4.60. The van der Waals surface area contributed by atoms with Crippen molar-refractivity contribution in [2.24, 2.45) is 10.7 Å². The van der Waals surface area contributed by atoms with E-state index >= 15 is 0 Å². The molecule has 1 saturated carbocycles. The Bertz CT molecular complexity index is 264. The monoisotopic (exact) mass is 345 g/mol. The number of hydrogen-bond acceptors (Lipinski definition) is 2. The third-order valence-electron chi connectivity index (χ3n) is 2.39. The summed E-state index contributed by atoms with van der Waals surface area (Å²) in [4.78, 5) is 4.21. The number of nitrogens with two attached hydrogens (primary N) is 1. The third-order valence-corrected chi connectivity index (χ3v) is 4.15. The number of rotatable bonds is 4. The van der Waals surface area contributed by atoms with E-state index in [1.165, 1.54) is 0 Å². The predicted molar refractivity (Wildman–Crippen MR) is 76.2 cm³/mol. The maximum atomic E-state index is 11.3. The van der Waals surface area contributed by atoms with Crippen LogP contribution in [0.1, 0.15) is 26.7 Å². The van der Waals surface area contributed by atoms with Crippen LogP contribution in [0.4, 0.5) is 0 Å². The maximum absolute atomic E-state index is 11.3. The summed E-state index contributed by atoms with van der Waals surface area (Å²) in [5.41, 5.74) is 5.65. The molecule has 0 aromatic carbocycles. The van der Waals surface area contributed by atoms with E-state index in [2.05, 4.69) is 10.3 Å². The Kier molecular flexibility index (Phi) is 6.09. The predicted octanol–water partition coefficient (Wildman–Crippen LogP) is 0.828. The van der Waals surface area contributed by atoms with Gasteiger partial charge in [-0.05, 0) is 26.7 Å². The van der Waals surface area contributed by atoms with Gasteiger partial charge in [0, 0.05) is 23.1 Å². The van der Waals surface area contributed by atoms with E-state index in [-0.39, 0.29) is 28.7 Å². The summed E-state index contributed by atoms with van der Waals surface area (Å²) >= 11 is 0. The molecule has 1 aliphatic rings. The molecule has 0 aromatic heterocycles. The molecule has 4 nitrogen and oxygen atoms in total. The summed E-state index contributed by atoms with van der Waals surface area (Å²) in [6, 6.07) is 0.293. The Labute approximate surface area is 111 Å². The van der Waals surface area contributed by atoms with Crippen LogP contribution in [0.5, 0.6) is 0 Å².